The van der Waals surface area contributed by atoms with Crippen LogP contribution in [0.15, 0.2) is 66.4 Å². The number of nitrogens with zero attached hydrogens (tertiary/aromatic N) is 1. The first kappa shape index (κ1) is 17.3. The van der Waals surface area contributed by atoms with Gasteiger partial charge in [-0.2, -0.15) is 0 Å². The van der Waals surface area contributed by atoms with Gasteiger partial charge in [0.25, 0.3) is 0 Å². The Bertz CT molecular complexity index is 722. The number of unbranched alkanes of at least 4 members (excludes halogenated alkanes) is 2. The summed E-state index contributed by atoms with van der Waals surface area (Å²) in [6.45, 7) is 3.33. The van der Waals surface area contributed by atoms with E-state index < -0.39 is 0 Å². The van der Waals surface area contributed by atoms with E-state index in [0.29, 0.717) is 13.1 Å². The highest BCUT2D eigenvalue weighted by Crippen LogP contribution is 2.30. The lowest BCUT2D eigenvalue weighted by Crippen LogP contribution is -2.23. The number of allylic oxidation sites excluding steroid dienone is 1. The molecule has 0 aromatic heterocycles. The molecule has 1 aliphatic heterocycles. The Morgan fingerprint density at radius 2 is 1.68 bits per heavy atom. The van der Waals surface area contributed by atoms with Crippen molar-refractivity contribution in [2.24, 2.45) is 0 Å². The van der Waals surface area contributed by atoms with Gasteiger partial charge in [0.1, 0.15) is 5.76 Å². The molecular formula is C22H25NO2. The number of rotatable bonds is 7. The van der Waals surface area contributed by atoms with Crippen LogP contribution in [0.5, 0.6) is 0 Å². The molecule has 1 amide bonds. The molecule has 2 aromatic rings. The quantitative estimate of drug-likeness (QED) is 0.614. The molecule has 25 heavy (non-hydrogen) atoms. The summed E-state index contributed by atoms with van der Waals surface area (Å²) < 4.78 is 5.66. The third kappa shape index (κ3) is 4.50. The highest BCUT2D eigenvalue weighted by molar-refractivity contribution is 5.78. The van der Waals surface area contributed by atoms with E-state index in [0.717, 1.165) is 35.3 Å². The van der Waals surface area contributed by atoms with Crippen molar-refractivity contribution < 1.29 is 9.53 Å². The van der Waals surface area contributed by atoms with E-state index in [1.165, 1.54) is 12.8 Å². The molecule has 1 heterocycles. The van der Waals surface area contributed by atoms with Crippen LogP contribution in [0.4, 0.5) is 4.79 Å². The molecule has 3 rings (SSSR count). The summed E-state index contributed by atoms with van der Waals surface area (Å²) in [4.78, 5) is 14.1. The molecule has 0 N–H and O–H groups in total. The molecule has 0 atom stereocenters. The number of hydrogen-bond donors (Lipinski definition) is 0. The van der Waals surface area contributed by atoms with Crippen LogP contribution in [0.25, 0.3) is 5.57 Å². The normalized spacial score (nSPS) is 16.0. The Balaban J connectivity index is 1.80. The molecule has 0 spiro atoms. The highest BCUT2D eigenvalue weighted by atomic mass is 16.6. The molecule has 0 saturated carbocycles. The molecule has 0 radical (unpaired) electrons. The molecule has 0 aliphatic carbocycles. The van der Waals surface area contributed by atoms with Crippen molar-refractivity contribution in [1.29, 1.82) is 0 Å². The molecule has 1 saturated heterocycles. The van der Waals surface area contributed by atoms with Crippen LogP contribution in [0.3, 0.4) is 0 Å². The van der Waals surface area contributed by atoms with Crippen molar-refractivity contribution in [1.82, 2.24) is 4.90 Å². The van der Waals surface area contributed by atoms with E-state index in [1.54, 1.807) is 4.90 Å². The van der Waals surface area contributed by atoms with Gasteiger partial charge in [0, 0.05) is 6.54 Å². The Morgan fingerprint density at radius 3 is 2.36 bits per heavy atom. The Hall–Kier alpha value is -2.55. The second kappa shape index (κ2) is 8.52. The number of amides is 1. The van der Waals surface area contributed by atoms with Gasteiger partial charge in [-0.05, 0) is 29.5 Å². The smallest absolute Gasteiger partial charge is 0.412 e. The summed E-state index contributed by atoms with van der Waals surface area (Å²) in [5.74, 6) is 0.809. The highest BCUT2D eigenvalue weighted by Gasteiger charge is 2.29. The first-order valence-electron chi connectivity index (χ1n) is 9.06. The monoisotopic (exact) mass is 335 g/mol. The van der Waals surface area contributed by atoms with E-state index in [2.05, 4.69) is 19.1 Å². The lowest BCUT2D eigenvalue weighted by Gasteiger charge is -2.12. The topological polar surface area (TPSA) is 29.5 Å². The van der Waals surface area contributed by atoms with Gasteiger partial charge in [-0.1, -0.05) is 80.4 Å². The molecule has 3 nitrogen and oxygen atoms in total. The number of benzene rings is 2. The summed E-state index contributed by atoms with van der Waals surface area (Å²) in [7, 11) is 0. The molecule has 1 aliphatic rings. The number of cyclic esters (lactones) is 1. The summed E-state index contributed by atoms with van der Waals surface area (Å²) in [6.07, 6.45) is 4.17. The second-order valence-corrected chi connectivity index (χ2v) is 6.43. The van der Waals surface area contributed by atoms with E-state index in [-0.39, 0.29) is 6.09 Å². The number of carbonyl (C=O) groups excluding carboxylic acids is 1. The van der Waals surface area contributed by atoms with E-state index in [9.17, 15) is 4.79 Å². The minimum atomic E-state index is -0.247. The lowest BCUT2D eigenvalue weighted by atomic mass is 9.98. The van der Waals surface area contributed by atoms with Crippen LogP contribution in [0, 0.1) is 0 Å². The van der Waals surface area contributed by atoms with Crippen LogP contribution in [-0.2, 0) is 11.3 Å². The average molecular weight is 335 g/mol. The van der Waals surface area contributed by atoms with Gasteiger partial charge in [-0.3, -0.25) is 4.90 Å². The van der Waals surface area contributed by atoms with E-state index in [4.69, 9.17) is 4.74 Å². The zero-order chi connectivity index (χ0) is 17.5. The van der Waals surface area contributed by atoms with Gasteiger partial charge in [0.05, 0.1) is 6.54 Å². The fourth-order valence-corrected chi connectivity index (χ4v) is 3.16. The minimum absolute atomic E-state index is 0.247. The maximum atomic E-state index is 12.3. The molecule has 0 bridgehead atoms. The van der Waals surface area contributed by atoms with Crippen LogP contribution >= 0.6 is 0 Å². The van der Waals surface area contributed by atoms with Gasteiger partial charge in [-0.15, -0.1) is 0 Å². The van der Waals surface area contributed by atoms with Crippen LogP contribution in [-0.4, -0.2) is 17.5 Å². The van der Waals surface area contributed by atoms with Gasteiger partial charge in [-0.25, -0.2) is 4.79 Å². The first-order valence-corrected chi connectivity index (χ1v) is 9.06. The summed E-state index contributed by atoms with van der Waals surface area (Å²) in [6, 6.07) is 20.3. The molecule has 1 fully saturated rings. The molecule has 2 aromatic carbocycles. The van der Waals surface area contributed by atoms with Crippen molar-refractivity contribution in [3.63, 3.8) is 0 Å². The summed E-state index contributed by atoms with van der Waals surface area (Å²) in [5, 5.41) is 0. The number of hydrogen-bond acceptors (Lipinski definition) is 2. The Morgan fingerprint density at radius 1 is 1.00 bits per heavy atom. The third-order valence-electron chi connectivity index (χ3n) is 4.51. The first-order chi connectivity index (χ1) is 12.3. The third-order valence-corrected chi connectivity index (χ3v) is 4.51. The summed E-state index contributed by atoms with van der Waals surface area (Å²) in [5.41, 5.74) is 3.44. The van der Waals surface area contributed by atoms with Crippen LogP contribution < -0.4 is 0 Å². The predicted molar refractivity (Wildman–Crippen MR) is 101 cm³/mol. The van der Waals surface area contributed by atoms with Gasteiger partial charge < -0.3 is 4.74 Å². The van der Waals surface area contributed by atoms with Crippen molar-refractivity contribution >= 4 is 11.7 Å². The van der Waals surface area contributed by atoms with E-state index in [1.807, 2.05) is 48.5 Å². The zero-order valence-electron chi connectivity index (χ0n) is 14.8. The molecule has 3 heteroatoms. The molecular weight excluding hydrogens is 310 g/mol. The SMILES string of the molecule is CCCCC/C(=C1/CN(Cc2ccccc2)C(=O)O1)c1ccccc1. The van der Waals surface area contributed by atoms with Crippen LogP contribution in [0.2, 0.25) is 0 Å². The van der Waals surface area contributed by atoms with Crippen molar-refractivity contribution in [3.8, 4) is 0 Å². The lowest BCUT2D eigenvalue weighted by molar-refractivity contribution is 0.167. The van der Waals surface area contributed by atoms with Gasteiger partial charge in [0.15, 0.2) is 0 Å². The van der Waals surface area contributed by atoms with Crippen LogP contribution in [0.1, 0.15) is 43.7 Å². The number of carbonyl (C=O) groups is 1. The Labute approximate surface area is 149 Å². The Kier molecular flexibility index (Phi) is 5.89. The van der Waals surface area contributed by atoms with Crippen molar-refractivity contribution in [2.45, 2.75) is 39.2 Å². The fourth-order valence-electron chi connectivity index (χ4n) is 3.16. The van der Waals surface area contributed by atoms with E-state index >= 15 is 0 Å². The summed E-state index contributed by atoms with van der Waals surface area (Å²) >= 11 is 0. The standard InChI is InChI=1S/C22H25NO2/c1-2-3-6-15-20(19-13-9-5-10-14-19)21-17-23(22(24)25-21)16-18-11-7-4-8-12-18/h4-5,7-14H,2-3,6,15-17H2,1H3/b21-20+. The largest absolute Gasteiger partial charge is 0.415 e. The maximum absolute atomic E-state index is 12.3. The average Bonchev–Trinajstić information content (AvgIpc) is 3.00. The maximum Gasteiger partial charge on any atom is 0.415 e. The fraction of sp³-hybridized carbons (Fsp3) is 0.318. The molecule has 0 unspecified atom stereocenters. The van der Waals surface area contributed by atoms with Crippen molar-refractivity contribution in [3.05, 3.63) is 77.5 Å². The second-order valence-electron chi connectivity index (χ2n) is 6.43. The zero-order valence-corrected chi connectivity index (χ0v) is 14.8. The minimum Gasteiger partial charge on any atom is -0.412 e. The molecule has 130 valence electrons. The van der Waals surface area contributed by atoms with Gasteiger partial charge in [0.2, 0.25) is 0 Å². The predicted octanol–water partition coefficient (Wildman–Crippen LogP) is 5.63. The van der Waals surface area contributed by atoms with Crippen molar-refractivity contribution in [2.75, 3.05) is 6.54 Å². The number of ether oxygens (including phenoxy) is 1. The van der Waals surface area contributed by atoms with Gasteiger partial charge >= 0.3 is 6.09 Å².